The molecule has 2 nitrogen and oxygen atoms in total. The molecule has 0 aromatic heterocycles. The molecule has 0 saturated heterocycles. The zero-order chi connectivity index (χ0) is 9.23. The van der Waals surface area contributed by atoms with Crippen molar-refractivity contribution in [2.75, 3.05) is 28.2 Å². The van der Waals surface area contributed by atoms with Crippen molar-refractivity contribution in [3.63, 3.8) is 0 Å². The SMILES string of the molecule is CN(C)[SiH](N(C)C)C(F)(F)F. The lowest BCUT2D eigenvalue weighted by Gasteiger charge is -2.29. The van der Waals surface area contributed by atoms with Crippen LogP contribution < -0.4 is 0 Å². The molecular weight excluding hydrogens is 173 g/mol. The first-order chi connectivity index (χ1) is 4.76. The van der Waals surface area contributed by atoms with Crippen LogP contribution in [0.15, 0.2) is 0 Å². The maximum Gasteiger partial charge on any atom is 0.389 e. The summed E-state index contributed by atoms with van der Waals surface area (Å²) in [5.41, 5.74) is 0. The first kappa shape index (κ1) is 10.9. The largest absolute Gasteiger partial charge is 0.389 e. The van der Waals surface area contributed by atoms with Gasteiger partial charge in [0.05, 0.1) is 0 Å². The molecule has 0 amide bonds. The van der Waals surface area contributed by atoms with Crippen molar-refractivity contribution < 1.29 is 13.2 Å². The van der Waals surface area contributed by atoms with Crippen molar-refractivity contribution in [1.29, 1.82) is 0 Å². The maximum atomic E-state index is 12.2. The van der Waals surface area contributed by atoms with Gasteiger partial charge in [-0.15, -0.1) is 0 Å². The fourth-order valence-electron chi connectivity index (χ4n) is 1.05. The Kier molecular flexibility index (Phi) is 3.53. The van der Waals surface area contributed by atoms with Crippen LogP contribution in [0, 0.1) is 0 Å². The molecular formula is C5H13F3N2Si. The highest BCUT2D eigenvalue weighted by Crippen LogP contribution is 2.20. The Morgan fingerprint density at radius 3 is 1.18 bits per heavy atom. The fraction of sp³-hybridized carbons (Fsp3) is 1.00. The third-order valence-corrected chi connectivity index (χ3v) is 3.81. The topological polar surface area (TPSA) is 6.48 Å². The monoisotopic (exact) mass is 186 g/mol. The lowest BCUT2D eigenvalue weighted by atomic mass is 11.2. The van der Waals surface area contributed by atoms with Gasteiger partial charge in [-0.05, 0) is 28.2 Å². The van der Waals surface area contributed by atoms with Gasteiger partial charge in [0, 0.05) is 0 Å². The van der Waals surface area contributed by atoms with Crippen molar-refractivity contribution in [3.8, 4) is 0 Å². The van der Waals surface area contributed by atoms with Crippen LogP contribution in [0.25, 0.3) is 0 Å². The Labute approximate surface area is 66.4 Å². The van der Waals surface area contributed by atoms with Gasteiger partial charge < -0.3 is 9.13 Å². The van der Waals surface area contributed by atoms with Gasteiger partial charge in [0.15, 0.2) is 0 Å². The minimum atomic E-state index is -4.05. The Morgan fingerprint density at radius 1 is 0.909 bits per heavy atom. The molecule has 0 rings (SSSR count). The Balaban J connectivity index is 4.35. The third-order valence-electron chi connectivity index (χ3n) is 1.27. The second kappa shape index (κ2) is 3.55. The van der Waals surface area contributed by atoms with Crippen molar-refractivity contribution in [1.82, 2.24) is 9.13 Å². The van der Waals surface area contributed by atoms with Gasteiger partial charge >= 0.3 is 14.9 Å². The Morgan fingerprint density at radius 2 is 1.18 bits per heavy atom. The summed E-state index contributed by atoms with van der Waals surface area (Å²) in [6.07, 6.45) is 0. The van der Waals surface area contributed by atoms with Gasteiger partial charge in [-0.25, -0.2) is 0 Å². The van der Waals surface area contributed by atoms with Crippen LogP contribution in [0.2, 0.25) is 0 Å². The van der Waals surface area contributed by atoms with Crippen LogP contribution in [-0.2, 0) is 0 Å². The molecule has 0 unspecified atom stereocenters. The second-order valence-corrected chi connectivity index (χ2v) is 6.31. The minimum absolute atomic E-state index is 1.26. The summed E-state index contributed by atoms with van der Waals surface area (Å²) in [5, 5.41) is 0. The zero-order valence-corrected chi connectivity index (χ0v) is 8.26. The average molecular weight is 186 g/mol. The number of rotatable bonds is 2. The van der Waals surface area contributed by atoms with Gasteiger partial charge in [-0.1, -0.05) is 0 Å². The lowest BCUT2D eigenvalue weighted by Crippen LogP contribution is -2.56. The van der Waals surface area contributed by atoms with Gasteiger partial charge in [0.2, 0.25) is 0 Å². The second-order valence-electron chi connectivity index (χ2n) is 2.84. The highest BCUT2D eigenvalue weighted by molar-refractivity contribution is 6.54. The smallest absolute Gasteiger partial charge is 0.313 e. The van der Waals surface area contributed by atoms with Crippen molar-refractivity contribution in [2.24, 2.45) is 0 Å². The predicted molar refractivity (Wildman–Crippen MR) is 40.6 cm³/mol. The quantitative estimate of drug-likeness (QED) is 0.577. The molecule has 68 valence electrons. The van der Waals surface area contributed by atoms with E-state index in [1.165, 1.54) is 37.3 Å². The summed E-state index contributed by atoms with van der Waals surface area (Å²) in [6, 6.07) is 0. The molecule has 11 heavy (non-hydrogen) atoms. The van der Waals surface area contributed by atoms with Crippen LogP contribution in [0.5, 0.6) is 0 Å². The number of hydrogen-bond acceptors (Lipinski definition) is 2. The van der Waals surface area contributed by atoms with Crippen LogP contribution in [0.1, 0.15) is 0 Å². The van der Waals surface area contributed by atoms with Crippen molar-refractivity contribution >= 4 is 9.12 Å². The number of halogens is 3. The fourth-order valence-corrected chi connectivity index (χ4v) is 3.14. The van der Waals surface area contributed by atoms with Crippen LogP contribution in [-0.4, -0.2) is 52.2 Å². The van der Waals surface area contributed by atoms with E-state index in [0.717, 1.165) is 0 Å². The van der Waals surface area contributed by atoms with E-state index >= 15 is 0 Å². The molecule has 0 atom stereocenters. The van der Waals surface area contributed by atoms with Crippen molar-refractivity contribution in [3.05, 3.63) is 0 Å². The normalized spacial score (nSPS) is 13.6. The number of nitrogens with zero attached hydrogens (tertiary/aromatic N) is 2. The van der Waals surface area contributed by atoms with Crippen molar-refractivity contribution in [2.45, 2.75) is 5.80 Å². The van der Waals surface area contributed by atoms with Gasteiger partial charge in [0.25, 0.3) is 0 Å². The van der Waals surface area contributed by atoms with E-state index < -0.39 is 14.9 Å². The Hall–Kier alpha value is -0.0731. The van der Waals surface area contributed by atoms with E-state index in [-0.39, 0.29) is 0 Å². The first-order valence-corrected chi connectivity index (χ1v) is 4.77. The molecule has 0 saturated carbocycles. The maximum absolute atomic E-state index is 12.2. The number of hydrogen-bond donors (Lipinski definition) is 0. The summed E-state index contributed by atoms with van der Waals surface area (Å²) >= 11 is 0. The highest BCUT2D eigenvalue weighted by atomic mass is 28.3. The molecule has 0 aliphatic rings. The standard InChI is InChI=1S/C5H13F3N2Si/c1-9(2)11(10(3)4)5(6,7)8/h11H,1-4H3. The van der Waals surface area contributed by atoms with Gasteiger partial charge in [0.1, 0.15) is 0 Å². The summed E-state index contributed by atoms with van der Waals surface area (Å²) in [5.74, 6) is -4.05. The van der Waals surface area contributed by atoms with E-state index in [0.29, 0.717) is 0 Å². The first-order valence-electron chi connectivity index (χ1n) is 3.16. The molecule has 0 bridgehead atoms. The van der Waals surface area contributed by atoms with E-state index in [2.05, 4.69) is 0 Å². The van der Waals surface area contributed by atoms with Gasteiger partial charge in [-0.3, -0.25) is 0 Å². The molecule has 0 aliphatic heterocycles. The molecule has 0 radical (unpaired) electrons. The van der Waals surface area contributed by atoms with E-state index in [1.807, 2.05) is 0 Å². The van der Waals surface area contributed by atoms with Crippen LogP contribution >= 0.6 is 0 Å². The molecule has 0 aliphatic carbocycles. The average Bonchev–Trinajstić information content (AvgIpc) is 1.54. The summed E-state index contributed by atoms with van der Waals surface area (Å²) in [4.78, 5) is 0. The van der Waals surface area contributed by atoms with E-state index in [4.69, 9.17) is 0 Å². The van der Waals surface area contributed by atoms with Gasteiger partial charge in [-0.2, -0.15) is 13.2 Å². The van der Waals surface area contributed by atoms with Crippen LogP contribution in [0.3, 0.4) is 0 Å². The Bertz CT molecular complexity index is 115. The molecule has 0 aromatic rings. The molecule has 0 spiro atoms. The molecule has 6 heteroatoms. The predicted octanol–water partition coefficient (Wildman–Crippen LogP) is 0.432. The summed E-state index contributed by atoms with van der Waals surface area (Å²) in [6.45, 7) is 0. The summed E-state index contributed by atoms with van der Waals surface area (Å²) < 4.78 is 39.1. The highest BCUT2D eigenvalue weighted by Gasteiger charge is 2.45. The molecule has 0 heterocycles. The third kappa shape index (κ3) is 3.22. The molecule has 0 fully saturated rings. The zero-order valence-electron chi connectivity index (χ0n) is 7.11. The summed E-state index contributed by atoms with van der Waals surface area (Å²) in [7, 11) is 2.95. The van der Waals surface area contributed by atoms with E-state index in [1.54, 1.807) is 0 Å². The molecule has 0 N–H and O–H groups in total. The molecule has 0 aromatic carbocycles. The number of alkyl halides is 3. The lowest BCUT2D eigenvalue weighted by molar-refractivity contribution is -0.0642. The van der Waals surface area contributed by atoms with E-state index in [9.17, 15) is 13.2 Å². The minimum Gasteiger partial charge on any atom is -0.313 e. The van der Waals surface area contributed by atoms with Crippen LogP contribution in [0.4, 0.5) is 13.2 Å².